The number of benzene rings is 5. The van der Waals surface area contributed by atoms with Crippen molar-refractivity contribution in [2.45, 2.75) is 19.3 Å². The minimum atomic E-state index is -3.11. The molecule has 5 aromatic carbocycles. The number of fused-ring (bicyclic) bond motifs is 3. The van der Waals surface area contributed by atoms with E-state index in [1.54, 1.807) is 0 Å². The molecule has 5 heteroatoms. The second-order valence-corrected chi connectivity index (χ2v) is 16.5. The van der Waals surface area contributed by atoms with E-state index in [0.717, 1.165) is 54.1 Å². The first-order valence-electron chi connectivity index (χ1n) is 14.2. The molecule has 1 unspecified atom stereocenters. The summed E-state index contributed by atoms with van der Waals surface area (Å²) in [5, 5.41) is 6.18. The molecule has 1 heterocycles. The van der Waals surface area contributed by atoms with Gasteiger partial charge in [-0.2, -0.15) is 0 Å². The van der Waals surface area contributed by atoms with Crippen molar-refractivity contribution in [2.75, 3.05) is 0 Å². The molecule has 0 saturated carbocycles. The van der Waals surface area contributed by atoms with Crippen molar-refractivity contribution in [3.8, 4) is 0 Å². The maximum absolute atomic E-state index is 15.2. The predicted molar refractivity (Wildman–Crippen MR) is 178 cm³/mol. The lowest BCUT2D eigenvalue weighted by Crippen LogP contribution is -2.25. The molecule has 0 fully saturated rings. The summed E-state index contributed by atoms with van der Waals surface area (Å²) in [7, 11) is -6.03. The monoisotopic (exact) mass is 585 g/mol. The van der Waals surface area contributed by atoms with E-state index < -0.39 is 14.3 Å². The molecule has 1 aliphatic carbocycles. The second kappa shape index (κ2) is 10.6. The third kappa shape index (κ3) is 4.28. The van der Waals surface area contributed by atoms with Gasteiger partial charge in [-0.15, -0.1) is 0 Å². The van der Waals surface area contributed by atoms with Gasteiger partial charge < -0.3 is 13.5 Å². The summed E-state index contributed by atoms with van der Waals surface area (Å²) in [5.41, 5.74) is 1.73. The molecule has 0 aliphatic heterocycles. The molecule has 1 aliphatic rings. The molecule has 0 amide bonds. The predicted octanol–water partition coefficient (Wildman–Crippen LogP) is 7.88. The van der Waals surface area contributed by atoms with Gasteiger partial charge in [0, 0.05) is 27.5 Å². The highest BCUT2D eigenvalue weighted by Gasteiger charge is 2.39. The van der Waals surface area contributed by atoms with Crippen molar-refractivity contribution in [1.29, 1.82) is 0 Å². The molecule has 206 valence electrons. The van der Waals surface area contributed by atoms with Crippen molar-refractivity contribution in [3.05, 3.63) is 156 Å². The molecule has 1 aromatic heterocycles. The lowest BCUT2D eigenvalue weighted by atomic mass is 9.94. The third-order valence-electron chi connectivity index (χ3n) is 8.29. The van der Waals surface area contributed by atoms with Gasteiger partial charge in [0.05, 0.1) is 15.9 Å². The summed E-state index contributed by atoms with van der Waals surface area (Å²) in [6.45, 7) is 2.15. The SMILES string of the molecule is CC1CC(P(=O)(c2ccccc2)c2ccccc2)=Cc2c1oc1ccc(P(=[OH+])(c3ccccc3)c3ccccc3)cc21. The molecule has 0 radical (unpaired) electrons. The summed E-state index contributed by atoms with van der Waals surface area (Å²) in [5.74, 6) is 0.952. The largest absolute Gasteiger partial charge is 0.460 e. The second-order valence-electron chi connectivity index (χ2n) is 10.9. The highest BCUT2D eigenvalue weighted by Crippen LogP contribution is 2.58. The zero-order valence-electron chi connectivity index (χ0n) is 23.3. The first kappa shape index (κ1) is 26.7. The third-order valence-corrected chi connectivity index (χ3v) is 14.6. The molecule has 1 N–H and O–H groups in total. The maximum Gasteiger partial charge on any atom is 0.315 e. The zero-order valence-corrected chi connectivity index (χ0v) is 25.1. The van der Waals surface area contributed by atoms with Gasteiger partial charge in [-0.25, -0.2) is 0 Å². The molecule has 6 aromatic rings. The van der Waals surface area contributed by atoms with Gasteiger partial charge in [0.1, 0.15) is 11.3 Å². The van der Waals surface area contributed by atoms with E-state index in [2.05, 4.69) is 19.1 Å². The number of furan rings is 1. The van der Waals surface area contributed by atoms with Crippen LogP contribution in [0.5, 0.6) is 0 Å². The maximum atomic E-state index is 15.2. The standard InChI is InChI=1S/C37H30O3P2/c1-27-24-33(42(39,30-18-10-4-11-19-30)31-20-12-5-13-21-31)26-35-34-25-32(22-23-36(34)40-37(27)35)41(38,28-14-6-2-7-15-28)29-16-8-3-9-17-29/h2-23,25-27H,24H2,1H3/p+1. The van der Waals surface area contributed by atoms with E-state index in [9.17, 15) is 4.57 Å². The Hall–Kier alpha value is -4.16. The average Bonchev–Trinajstić information content (AvgIpc) is 3.44. The Morgan fingerprint density at radius 1 is 0.643 bits per heavy atom. The molecule has 1 atom stereocenters. The van der Waals surface area contributed by atoms with Crippen molar-refractivity contribution < 1.29 is 13.5 Å². The average molecular weight is 586 g/mol. The highest BCUT2D eigenvalue weighted by molar-refractivity contribution is 7.85. The van der Waals surface area contributed by atoms with Gasteiger partial charge >= 0.3 is 7.14 Å². The Balaban J connectivity index is 1.45. The lowest BCUT2D eigenvalue weighted by molar-refractivity contribution is 0.501. The summed E-state index contributed by atoms with van der Waals surface area (Å²) in [4.78, 5) is 0. The number of hydrogen-bond acceptors (Lipinski definition) is 2. The molecule has 0 bridgehead atoms. The van der Waals surface area contributed by atoms with Crippen LogP contribution in [-0.4, -0.2) is 4.57 Å². The summed E-state index contributed by atoms with van der Waals surface area (Å²) < 4.78 is 34.3. The van der Waals surface area contributed by atoms with E-state index in [4.69, 9.17) is 4.42 Å². The van der Waals surface area contributed by atoms with Crippen molar-refractivity contribution in [2.24, 2.45) is 0 Å². The van der Waals surface area contributed by atoms with Gasteiger partial charge in [-0.05, 0) is 60.3 Å². The minimum Gasteiger partial charge on any atom is -0.460 e. The number of allylic oxidation sites excluding steroid dienone is 1. The fraction of sp³-hybridized carbons (Fsp3) is 0.0811. The zero-order chi connectivity index (χ0) is 28.7. The molecular weight excluding hydrogens is 554 g/mol. The molecule has 7 rings (SSSR count). The summed E-state index contributed by atoms with van der Waals surface area (Å²) in [6.07, 6.45) is 2.75. The number of hydrogen-bond donors (Lipinski definition) is 0. The topological polar surface area (TPSA) is 51.6 Å². The summed E-state index contributed by atoms with van der Waals surface area (Å²) in [6, 6.07) is 45.6. The van der Waals surface area contributed by atoms with E-state index in [0.29, 0.717) is 6.42 Å². The molecule has 0 saturated heterocycles. The molecule has 0 spiro atoms. The van der Waals surface area contributed by atoms with Crippen LogP contribution in [0, 0.1) is 0 Å². The van der Waals surface area contributed by atoms with Crippen LogP contribution in [-0.2, 0) is 4.57 Å². The fourth-order valence-corrected chi connectivity index (χ4v) is 11.9. The quantitative estimate of drug-likeness (QED) is 0.148. The van der Waals surface area contributed by atoms with Crippen LogP contribution in [0.2, 0.25) is 0 Å². The molecule has 42 heavy (non-hydrogen) atoms. The van der Waals surface area contributed by atoms with Crippen LogP contribution < -0.4 is 26.5 Å². The van der Waals surface area contributed by atoms with E-state index in [-0.39, 0.29) is 5.92 Å². The van der Waals surface area contributed by atoms with Crippen LogP contribution in [0.4, 0.5) is 0 Å². The van der Waals surface area contributed by atoms with Gasteiger partial charge in [0.15, 0.2) is 7.14 Å². The van der Waals surface area contributed by atoms with Gasteiger partial charge in [0.25, 0.3) is 0 Å². The van der Waals surface area contributed by atoms with Crippen LogP contribution in [0.15, 0.2) is 149 Å². The number of rotatable bonds is 6. The lowest BCUT2D eigenvalue weighted by Gasteiger charge is -2.27. The highest BCUT2D eigenvalue weighted by atomic mass is 31.2. The van der Waals surface area contributed by atoms with Gasteiger partial charge in [0.2, 0.25) is 0 Å². The Kier molecular flexibility index (Phi) is 6.74. The van der Waals surface area contributed by atoms with Gasteiger partial charge in [-0.1, -0.05) is 104 Å². The summed E-state index contributed by atoms with van der Waals surface area (Å²) >= 11 is 0. The van der Waals surface area contributed by atoms with Crippen LogP contribution in [0.25, 0.3) is 17.0 Å². The minimum absolute atomic E-state index is 0.0496. The van der Waals surface area contributed by atoms with Crippen LogP contribution in [0.3, 0.4) is 0 Å². The van der Waals surface area contributed by atoms with Crippen LogP contribution in [0.1, 0.15) is 30.6 Å². The van der Waals surface area contributed by atoms with E-state index in [1.165, 1.54) is 0 Å². The van der Waals surface area contributed by atoms with Crippen LogP contribution >= 0.6 is 14.3 Å². The van der Waals surface area contributed by atoms with Crippen molar-refractivity contribution >= 4 is 57.9 Å². The molecular formula is C37H31O3P2+. The van der Waals surface area contributed by atoms with Gasteiger partial charge in [-0.3, -0.25) is 0 Å². The van der Waals surface area contributed by atoms with Crippen molar-refractivity contribution in [1.82, 2.24) is 0 Å². The fourth-order valence-electron chi connectivity index (χ4n) is 6.18. The Morgan fingerprint density at radius 2 is 1.12 bits per heavy atom. The smallest absolute Gasteiger partial charge is 0.315 e. The normalized spacial score (nSPS) is 15.3. The van der Waals surface area contributed by atoms with E-state index in [1.807, 2.05) is 133 Å². The first-order chi connectivity index (χ1) is 20.5. The molecule has 3 nitrogen and oxygen atoms in total. The first-order valence-corrected chi connectivity index (χ1v) is 17.7. The Bertz CT molecular complexity index is 1920. The Labute approximate surface area is 246 Å². The van der Waals surface area contributed by atoms with Crippen molar-refractivity contribution in [3.63, 3.8) is 0 Å². The van der Waals surface area contributed by atoms with E-state index >= 15 is 4.57 Å². The Morgan fingerprint density at radius 3 is 1.62 bits per heavy atom.